The zero-order valence-corrected chi connectivity index (χ0v) is 16.6. The van der Waals surface area contributed by atoms with Crippen LogP contribution in [0.5, 0.6) is 5.75 Å². The van der Waals surface area contributed by atoms with Crippen LogP contribution in [0, 0.1) is 0 Å². The molecule has 0 unspecified atom stereocenters. The smallest absolute Gasteiger partial charge is 0.338 e. The molecule has 0 aliphatic heterocycles. The molecule has 0 bridgehead atoms. The number of halogens is 1. The topological polar surface area (TPSA) is 64.6 Å². The molecule has 148 valence electrons. The molecule has 29 heavy (non-hydrogen) atoms. The van der Waals surface area contributed by atoms with Crippen molar-refractivity contribution in [3.05, 3.63) is 95.0 Å². The van der Waals surface area contributed by atoms with Crippen molar-refractivity contribution in [3.63, 3.8) is 0 Å². The van der Waals surface area contributed by atoms with Gasteiger partial charge in [0.05, 0.1) is 5.56 Å². The first-order chi connectivity index (χ1) is 14.0. The molecule has 3 aromatic rings. The second-order valence-electron chi connectivity index (χ2n) is 6.35. The van der Waals surface area contributed by atoms with Crippen molar-refractivity contribution in [2.45, 2.75) is 19.6 Å². The van der Waals surface area contributed by atoms with Gasteiger partial charge in [0.15, 0.2) is 6.10 Å². The van der Waals surface area contributed by atoms with Crippen molar-refractivity contribution in [2.24, 2.45) is 0 Å². The molecular weight excluding hydrogens is 390 g/mol. The molecule has 0 fully saturated rings. The van der Waals surface area contributed by atoms with Gasteiger partial charge in [-0.2, -0.15) is 0 Å². The number of nitrogens with one attached hydrogen (secondary N) is 1. The molecule has 0 aliphatic carbocycles. The fraction of sp³-hybridized carbons (Fsp3) is 0.130. The number of hydrogen-bond acceptors (Lipinski definition) is 4. The first-order valence-corrected chi connectivity index (χ1v) is 9.43. The molecule has 0 spiro atoms. The Morgan fingerprint density at radius 3 is 2.38 bits per heavy atom. The Balaban J connectivity index is 1.52. The number of anilines is 1. The van der Waals surface area contributed by atoms with E-state index < -0.39 is 18.0 Å². The third-order valence-electron chi connectivity index (χ3n) is 4.08. The van der Waals surface area contributed by atoms with E-state index in [0.717, 1.165) is 5.56 Å². The molecule has 0 aromatic heterocycles. The lowest BCUT2D eigenvalue weighted by Gasteiger charge is -2.14. The summed E-state index contributed by atoms with van der Waals surface area (Å²) in [4.78, 5) is 24.5. The van der Waals surface area contributed by atoms with E-state index in [-0.39, 0.29) is 0 Å². The Morgan fingerprint density at radius 1 is 0.966 bits per heavy atom. The maximum Gasteiger partial charge on any atom is 0.338 e. The molecule has 1 N–H and O–H groups in total. The number of carbonyl (C=O) groups is 2. The minimum absolute atomic E-state index is 0.333. The fourth-order valence-corrected chi connectivity index (χ4v) is 2.71. The van der Waals surface area contributed by atoms with Crippen LogP contribution in [0.2, 0.25) is 5.02 Å². The number of rotatable bonds is 7. The number of carbonyl (C=O) groups excluding carboxylic acids is 2. The molecular formula is C23H20ClNO4. The monoisotopic (exact) mass is 409 g/mol. The quantitative estimate of drug-likeness (QED) is 0.551. The molecule has 3 rings (SSSR count). The highest BCUT2D eigenvalue weighted by atomic mass is 35.5. The van der Waals surface area contributed by atoms with E-state index in [1.165, 1.54) is 6.92 Å². The SMILES string of the molecule is C[C@H](OC(=O)c1ccc(OCc2ccccc2)cc1)C(=O)Nc1cccc(Cl)c1. The van der Waals surface area contributed by atoms with Gasteiger partial charge in [0.25, 0.3) is 5.91 Å². The molecule has 0 saturated carbocycles. The lowest BCUT2D eigenvalue weighted by atomic mass is 10.2. The number of amides is 1. The molecule has 6 heteroatoms. The third kappa shape index (κ3) is 6.09. The lowest BCUT2D eigenvalue weighted by Crippen LogP contribution is -2.30. The van der Waals surface area contributed by atoms with Crippen LogP contribution in [-0.2, 0) is 16.1 Å². The van der Waals surface area contributed by atoms with Gasteiger partial charge in [-0.15, -0.1) is 0 Å². The van der Waals surface area contributed by atoms with Crippen molar-refractivity contribution in [3.8, 4) is 5.75 Å². The summed E-state index contributed by atoms with van der Waals surface area (Å²) in [5, 5.41) is 3.16. The second kappa shape index (κ2) is 9.75. The van der Waals surface area contributed by atoms with Crippen LogP contribution in [-0.4, -0.2) is 18.0 Å². The molecule has 0 radical (unpaired) electrons. The van der Waals surface area contributed by atoms with Crippen LogP contribution in [0.15, 0.2) is 78.9 Å². The second-order valence-corrected chi connectivity index (χ2v) is 6.78. The summed E-state index contributed by atoms with van der Waals surface area (Å²) in [6.07, 6.45) is -0.963. The van der Waals surface area contributed by atoms with Crippen molar-refractivity contribution in [1.82, 2.24) is 0 Å². The van der Waals surface area contributed by atoms with E-state index >= 15 is 0 Å². The predicted octanol–water partition coefficient (Wildman–Crippen LogP) is 5.10. The van der Waals surface area contributed by atoms with Gasteiger partial charge in [0.1, 0.15) is 12.4 Å². The Morgan fingerprint density at radius 2 is 1.69 bits per heavy atom. The highest BCUT2D eigenvalue weighted by molar-refractivity contribution is 6.30. The van der Waals surface area contributed by atoms with Gasteiger partial charge in [0.2, 0.25) is 0 Å². The molecule has 0 heterocycles. The summed E-state index contributed by atoms with van der Waals surface area (Å²) in [5.41, 5.74) is 1.92. The predicted molar refractivity (Wildman–Crippen MR) is 112 cm³/mol. The normalized spacial score (nSPS) is 11.4. The highest BCUT2D eigenvalue weighted by Crippen LogP contribution is 2.17. The zero-order valence-electron chi connectivity index (χ0n) is 15.8. The molecule has 3 aromatic carbocycles. The van der Waals surface area contributed by atoms with Crippen LogP contribution in [0.3, 0.4) is 0 Å². The van der Waals surface area contributed by atoms with Gasteiger partial charge in [-0.3, -0.25) is 4.79 Å². The minimum atomic E-state index is -0.963. The maximum atomic E-state index is 12.3. The van der Waals surface area contributed by atoms with E-state index in [1.54, 1.807) is 48.5 Å². The Labute approximate surface area is 174 Å². The number of hydrogen-bond donors (Lipinski definition) is 1. The van der Waals surface area contributed by atoms with Gasteiger partial charge < -0.3 is 14.8 Å². The summed E-state index contributed by atoms with van der Waals surface area (Å²) in [6.45, 7) is 1.94. The van der Waals surface area contributed by atoms with Gasteiger partial charge in [-0.25, -0.2) is 4.79 Å². The van der Waals surface area contributed by atoms with Crippen molar-refractivity contribution < 1.29 is 19.1 Å². The van der Waals surface area contributed by atoms with Crippen LogP contribution < -0.4 is 10.1 Å². The molecule has 0 aliphatic rings. The minimum Gasteiger partial charge on any atom is -0.489 e. The van der Waals surface area contributed by atoms with E-state index in [4.69, 9.17) is 21.1 Å². The summed E-state index contributed by atoms with van der Waals surface area (Å²) in [7, 11) is 0. The molecule has 1 atom stereocenters. The number of benzene rings is 3. The summed E-state index contributed by atoms with van der Waals surface area (Å²) in [5.74, 6) is -0.395. The standard InChI is InChI=1S/C23H20ClNO4/c1-16(22(26)25-20-9-5-8-19(24)14-20)29-23(27)18-10-12-21(13-11-18)28-15-17-6-3-2-4-7-17/h2-14,16H,15H2,1H3,(H,25,26)/t16-/m0/s1. The van der Waals surface area contributed by atoms with E-state index in [1.807, 2.05) is 30.3 Å². The van der Waals surface area contributed by atoms with Crippen molar-refractivity contribution in [2.75, 3.05) is 5.32 Å². The summed E-state index contributed by atoms with van der Waals surface area (Å²) in [6, 6.07) is 23.1. The van der Waals surface area contributed by atoms with E-state index in [2.05, 4.69) is 5.32 Å². The largest absolute Gasteiger partial charge is 0.489 e. The number of ether oxygens (including phenoxy) is 2. The summed E-state index contributed by atoms with van der Waals surface area (Å²) < 4.78 is 10.9. The molecule has 1 amide bonds. The van der Waals surface area contributed by atoms with Gasteiger partial charge >= 0.3 is 5.97 Å². The van der Waals surface area contributed by atoms with Crippen LogP contribution in [0.4, 0.5) is 5.69 Å². The Kier molecular flexibility index (Phi) is 6.87. The van der Waals surface area contributed by atoms with Gasteiger partial charge in [-0.05, 0) is 55.0 Å². The Hall–Kier alpha value is -3.31. The van der Waals surface area contributed by atoms with E-state index in [9.17, 15) is 9.59 Å². The molecule has 0 saturated heterocycles. The third-order valence-corrected chi connectivity index (χ3v) is 4.32. The van der Waals surface area contributed by atoms with Crippen LogP contribution in [0.1, 0.15) is 22.8 Å². The van der Waals surface area contributed by atoms with Gasteiger partial charge in [-0.1, -0.05) is 48.0 Å². The highest BCUT2D eigenvalue weighted by Gasteiger charge is 2.19. The zero-order chi connectivity index (χ0) is 20.6. The van der Waals surface area contributed by atoms with Gasteiger partial charge in [0, 0.05) is 10.7 Å². The summed E-state index contributed by atoms with van der Waals surface area (Å²) >= 11 is 5.90. The average molecular weight is 410 g/mol. The van der Waals surface area contributed by atoms with E-state index in [0.29, 0.717) is 28.6 Å². The van der Waals surface area contributed by atoms with Crippen LogP contribution >= 0.6 is 11.6 Å². The fourth-order valence-electron chi connectivity index (χ4n) is 2.52. The van der Waals surface area contributed by atoms with Crippen molar-refractivity contribution in [1.29, 1.82) is 0 Å². The maximum absolute atomic E-state index is 12.3. The van der Waals surface area contributed by atoms with Crippen molar-refractivity contribution >= 4 is 29.2 Å². The molecule has 5 nitrogen and oxygen atoms in total. The first-order valence-electron chi connectivity index (χ1n) is 9.05. The lowest BCUT2D eigenvalue weighted by molar-refractivity contribution is -0.123. The average Bonchev–Trinajstić information content (AvgIpc) is 2.73. The van der Waals surface area contributed by atoms with Crippen LogP contribution in [0.25, 0.3) is 0 Å². The Bertz CT molecular complexity index is 974. The first kappa shape index (κ1) is 20.4. The number of esters is 1.